The molecule has 1 saturated heterocycles. The van der Waals surface area contributed by atoms with Crippen molar-refractivity contribution in [1.82, 2.24) is 14.2 Å². The Kier molecular flexibility index (Phi) is 5.19. The van der Waals surface area contributed by atoms with Crippen LogP contribution in [0.3, 0.4) is 0 Å². The molecule has 0 spiro atoms. The van der Waals surface area contributed by atoms with Crippen molar-refractivity contribution in [1.29, 1.82) is 0 Å². The van der Waals surface area contributed by atoms with Gasteiger partial charge in [-0.15, -0.1) is 11.3 Å². The van der Waals surface area contributed by atoms with Crippen molar-refractivity contribution in [2.75, 3.05) is 20.1 Å². The third kappa shape index (κ3) is 3.94. The summed E-state index contributed by atoms with van der Waals surface area (Å²) in [6.07, 6.45) is 8.87. The topological polar surface area (TPSA) is 53.5 Å². The maximum absolute atomic E-state index is 12.4. The van der Waals surface area contributed by atoms with Gasteiger partial charge in [0.15, 0.2) is 0 Å². The van der Waals surface area contributed by atoms with Crippen LogP contribution in [0.1, 0.15) is 68.0 Å². The van der Waals surface area contributed by atoms with E-state index in [1.54, 1.807) is 11.4 Å². The molecule has 0 atom stereocenters. The van der Waals surface area contributed by atoms with Crippen molar-refractivity contribution < 1.29 is 8.42 Å². The minimum Gasteiger partial charge on any atom is -0.297 e. The van der Waals surface area contributed by atoms with Crippen molar-refractivity contribution >= 4 is 21.4 Å². The van der Waals surface area contributed by atoms with Crippen LogP contribution in [0.15, 0.2) is 5.38 Å². The fourth-order valence-corrected chi connectivity index (χ4v) is 7.05. The van der Waals surface area contributed by atoms with Crippen LogP contribution in [0, 0.1) is 0 Å². The number of hydrogen-bond donors (Lipinski definition) is 0. The highest BCUT2D eigenvalue weighted by Crippen LogP contribution is 2.36. The Morgan fingerprint density at radius 2 is 1.84 bits per heavy atom. The van der Waals surface area contributed by atoms with Crippen LogP contribution in [0.4, 0.5) is 0 Å². The number of nitrogens with zero attached hydrogens (tertiary/aromatic N) is 3. The number of thiazole rings is 1. The molecule has 140 valence electrons. The minimum atomic E-state index is -3.04. The summed E-state index contributed by atoms with van der Waals surface area (Å²) in [5, 5.41) is 3.46. The van der Waals surface area contributed by atoms with Crippen molar-refractivity contribution in [2.45, 2.75) is 75.1 Å². The molecule has 2 saturated carbocycles. The van der Waals surface area contributed by atoms with Crippen LogP contribution < -0.4 is 0 Å². The van der Waals surface area contributed by atoms with E-state index in [1.165, 1.54) is 36.4 Å². The van der Waals surface area contributed by atoms with E-state index >= 15 is 0 Å². The van der Waals surface area contributed by atoms with Gasteiger partial charge in [0.25, 0.3) is 0 Å². The highest BCUT2D eigenvalue weighted by molar-refractivity contribution is 7.90. The minimum absolute atomic E-state index is 0.0976. The Morgan fingerprint density at radius 3 is 2.48 bits per heavy atom. The lowest BCUT2D eigenvalue weighted by Gasteiger charge is -2.35. The molecule has 7 heteroatoms. The summed E-state index contributed by atoms with van der Waals surface area (Å²) in [5.41, 5.74) is 1.20. The van der Waals surface area contributed by atoms with E-state index in [0.29, 0.717) is 5.92 Å². The predicted octanol–water partition coefficient (Wildman–Crippen LogP) is 3.19. The van der Waals surface area contributed by atoms with Crippen LogP contribution in [-0.4, -0.2) is 54.0 Å². The number of rotatable bonds is 6. The second-order valence-corrected chi connectivity index (χ2v) is 11.1. The second kappa shape index (κ2) is 7.25. The maximum Gasteiger partial charge on any atom is 0.216 e. The van der Waals surface area contributed by atoms with E-state index < -0.39 is 10.0 Å². The number of hydrogen-bond acceptors (Lipinski definition) is 5. The fourth-order valence-electron chi connectivity index (χ4n) is 4.23. The lowest BCUT2D eigenvalue weighted by molar-refractivity contribution is 0.162. The predicted molar refractivity (Wildman–Crippen MR) is 101 cm³/mol. The highest BCUT2D eigenvalue weighted by atomic mass is 32.2. The number of piperidine rings is 1. The van der Waals surface area contributed by atoms with Gasteiger partial charge < -0.3 is 0 Å². The first-order valence-corrected chi connectivity index (χ1v) is 12.1. The van der Waals surface area contributed by atoms with Crippen molar-refractivity contribution in [2.24, 2.45) is 0 Å². The van der Waals surface area contributed by atoms with Crippen LogP contribution >= 0.6 is 11.3 Å². The van der Waals surface area contributed by atoms with E-state index in [9.17, 15) is 8.42 Å². The molecule has 1 aliphatic heterocycles. The average molecular weight is 384 g/mol. The summed E-state index contributed by atoms with van der Waals surface area (Å²) in [7, 11) is -1.26. The molecule has 2 aliphatic carbocycles. The standard InChI is InChI=1S/C18H29N3O2S2/c1-20(25(22,23)17-6-7-17)16-8-10-21(11-9-16)12-15-13-24-18(19-15)14-4-2-3-5-14/h13-14,16-17H,2-12H2,1H3. The number of sulfonamides is 1. The Bertz CT molecular complexity index is 685. The summed E-state index contributed by atoms with van der Waals surface area (Å²) < 4.78 is 26.5. The molecule has 4 rings (SSSR count). The third-order valence-electron chi connectivity index (χ3n) is 6.08. The van der Waals surface area contributed by atoms with Gasteiger partial charge in [-0.25, -0.2) is 17.7 Å². The first-order valence-electron chi connectivity index (χ1n) is 9.67. The van der Waals surface area contributed by atoms with Crippen LogP contribution in [0.2, 0.25) is 0 Å². The van der Waals surface area contributed by atoms with Crippen molar-refractivity contribution in [3.8, 4) is 0 Å². The Morgan fingerprint density at radius 1 is 1.16 bits per heavy atom. The van der Waals surface area contributed by atoms with Gasteiger partial charge in [-0.3, -0.25) is 4.90 Å². The molecule has 1 aromatic heterocycles. The van der Waals surface area contributed by atoms with E-state index in [-0.39, 0.29) is 11.3 Å². The molecular formula is C18H29N3O2S2. The SMILES string of the molecule is CN(C1CCN(Cc2csc(C3CCCC3)n2)CC1)S(=O)(=O)C1CC1. The molecule has 0 radical (unpaired) electrons. The van der Waals surface area contributed by atoms with E-state index in [4.69, 9.17) is 4.98 Å². The molecule has 25 heavy (non-hydrogen) atoms. The maximum atomic E-state index is 12.4. The van der Waals surface area contributed by atoms with Gasteiger partial charge >= 0.3 is 0 Å². The van der Waals surface area contributed by atoms with Gasteiger partial charge in [0, 0.05) is 44.0 Å². The lowest BCUT2D eigenvalue weighted by atomic mass is 10.1. The summed E-state index contributed by atoms with van der Waals surface area (Å²) in [6.45, 7) is 2.84. The molecule has 1 aromatic rings. The highest BCUT2D eigenvalue weighted by Gasteiger charge is 2.41. The third-order valence-corrected chi connectivity index (χ3v) is 9.55. The monoisotopic (exact) mass is 383 g/mol. The van der Waals surface area contributed by atoms with Gasteiger partial charge in [-0.2, -0.15) is 0 Å². The molecular weight excluding hydrogens is 354 g/mol. The van der Waals surface area contributed by atoms with E-state index in [0.717, 1.165) is 45.3 Å². The van der Waals surface area contributed by atoms with Gasteiger partial charge in [-0.1, -0.05) is 12.8 Å². The first kappa shape index (κ1) is 17.9. The molecule has 5 nitrogen and oxygen atoms in total. The molecule has 0 unspecified atom stereocenters. The van der Waals surface area contributed by atoms with Crippen LogP contribution in [-0.2, 0) is 16.6 Å². The lowest BCUT2D eigenvalue weighted by Crippen LogP contribution is -2.46. The van der Waals surface area contributed by atoms with Gasteiger partial charge in [0.1, 0.15) is 0 Å². The van der Waals surface area contributed by atoms with Crippen molar-refractivity contribution in [3.05, 3.63) is 16.1 Å². The largest absolute Gasteiger partial charge is 0.297 e. The Hall–Kier alpha value is -0.500. The molecule has 2 heterocycles. The van der Waals surface area contributed by atoms with Crippen molar-refractivity contribution in [3.63, 3.8) is 0 Å². The quantitative estimate of drug-likeness (QED) is 0.757. The number of likely N-dealkylation sites (tertiary alicyclic amines) is 1. The molecule has 0 bridgehead atoms. The zero-order valence-electron chi connectivity index (χ0n) is 15.1. The zero-order chi connectivity index (χ0) is 17.4. The second-order valence-electron chi connectivity index (χ2n) is 7.93. The Balaban J connectivity index is 1.29. The first-order chi connectivity index (χ1) is 12.0. The summed E-state index contributed by atoms with van der Waals surface area (Å²) in [6, 6.07) is 0.173. The number of aromatic nitrogens is 1. The van der Waals surface area contributed by atoms with Gasteiger partial charge in [0.05, 0.1) is 16.0 Å². The summed E-state index contributed by atoms with van der Waals surface area (Å²) in [5.74, 6) is 0.700. The van der Waals surface area contributed by atoms with Crippen LogP contribution in [0.5, 0.6) is 0 Å². The van der Waals surface area contributed by atoms with Crippen LogP contribution in [0.25, 0.3) is 0 Å². The van der Waals surface area contributed by atoms with E-state index in [2.05, 4.69) is 10.3 Å². The molecule has 3 fully saturated rings. The molecule has 3 aliphatic rings. The summed E-state index contributed by atoms with van der Waals surface area (Å²) in [4.78, 5) is 7.31. The normalized spacial score (nSPS) is 24.4. The van der Waals surface area contributed by atoms with Gasteiger partial charge in [-0.05, 0) is 38.5 Å². The van der Waals surface area contributed by atoms with Gasteiger partial charge in [0.2, 0.25) is 10.0 Å². The molecule has 0 aromatic carbocycles. The van der Waals surface area contributed by atoms with E-state index in [1.807, 2.05) is 11.3 Å². The molecule has 0 N–H and O–H groups in total. The smallest absolute Gasteiger partial charge is 0.216 e. The average Bonchev–Trinajstić information content (AvgIpc) is 3.15. The Labute approximate surface area is 155 Å². The zero-order valence-corrected chi connectivity index (χ0v) is 16.7. The fraction of sp³-hybridized carbons (Fsp3) is 0.833. The summed E-state index contributed by atoms with van der Waals surface area (Å²) >= 11 is 1.83. The molecule has 0 amide bonds.